The van der Waals surface area contributed by atoms with Gasteiger partial charge in [-0.15, -0.1) is 12.4 Å². The van der Waals surface area contributed by atoms with Crippen molar-refractivity contribution in [2.75, 3.05) is 23.7 Å². The molecule has 1 aromatic rings. The van der Waals surface area contributed by atoms with Crippen molar-refractivity contribution in [3.05, 3.63) is 24.0 Å². The van der Waals surface area contributed by atoms with Crippen molar-refractivity contribution in [1.82, 2.24) is 5.32 Å². The predicted octanol–water partition coefficient (Wildman–Crippen LogP) is 2.53. The van der Waals surface area contributed by atoms with Crippen LogP contribution in [0.2, 0.25) is 0 Å². The van der Waals surface area contributed by atoms with E-state index in [0.29, 0.717) is 12.2 Å². The number of piperidine rings is 1. The Labute approximate surface area is 135 Å². The molecular formula is C15H21ClFN3O2. The molecule has 0 bridgehead atoms. The van der Waals surface area contributed by atoms with Crippen LogP contribution in [0.4, 0.5) is 15.8 Å². The lowest BCUT2D eigenvalue weighted by molar-refractivity contribution is -0.125. The summed E-state index contributed by atoms with van der Waals surface area (Å²) in [5, 5.41) is 8.38. The van der Waals surface area contributed by atoms with Gasteiger partial charge in [0.2, 0.25) is 11.8 Å². The Morgan fingerprint density at radius 2 is 2.05 bits per heavy atom. The van der Waals surface area contributed by atoms with Crippen molar-refractivity contribution in [3.8, 4) is 0 Å². The number of nitrogens with one attached hydrogen (secondary N) is 3. The fourth-order valence-electron chi connectivity index (χ4n) is 2.43. The molecule has 7 heteroatoms. The molecule has 0 spiro atoms. The average Bonchev–Trinajstić information content (AvgIpc) is 2.42. The minimum atomic E-state index is -0.547. The summed E-state index contributed by atoms with van der Waals surface area (Å²) in [5.74, 6) is -0.985. The van der Waals surface area contributed by atoms with Crippen molar-refractivity contribution in [3.63, 3.8) is 0 Å². The standard InChI is InChI=1S/C15H20FN3O2.ClH/c1-10(20)18-11-4-5-12(16)13(8-11)19-14(21)15(2)6-3-7-17-9-15;/h4-5,8,17H,3,6-7,9H2,1-2H3,(H,18,20)(H,19,21);1H. The Kier molecular flexibility index (Phi) is 6.32. The maximum absolute atomic E-state index is 13.8. The van der Waals surface area contributed by atoms with Gasteiger partial charge in [-0.2, -0.15) is 0 Å². The van der Waals surface area contributed by atoms with Gasteiger partial charge in [0.05, 0.1) is 11.1 Å². The highest BCUT2D eigenvalue weighted by atomic mass is 35.5. The lowest BCUT2D eigenvalue weighted by atomic mass is 9.82. The first-order valence-electron chi connectivity index (χ1n) is 7.00. The van der Waals surface area contributed by atoms with Gasteiger partial charge in [-0.3, -0.25) is 9.59 Å². The monoisotopic (exact) mass is 329 g/mol. The Morgan fingerprint density at radius 3 is 2.64 bits per heavy atom. The lowest BCUT2D eigenvalue weighted by Gasteiger charge is -2.32. The van der Waals surface area contributed by atoms with Crippen molar-refractivity contribution >= 4 is 35.6 Å². The van der Waals surface area contributed by atoms with Crippen molar-refractivity contribution in [2.45, 2.75) is 26.7 Å². The van der Waals surface area contributed by atoms with Gasteiger partial charge < -0.3 is 16.0 Å². The van der Waals surface area contributed by atoms with Crippen LogP contribution in [0.3, 0.4) is 0 Å². The molecule has 22 heavy (non-hydrogen) atoms. The van der Waals surface area contributed by atoms with Crippen LogP contribution in [-0.2, 0) is 9.59 Å². The van der Waals surface area contributed by atoms with E-state index in [1.807, 2.05) is 6.92 Å². The summed E-state index contributed by atoms with van der Waals surface area (Å²) in [7, 11) is 0. The maximum atomic E-state index is 13.8. The van der Waals surface area contributed by atoms with Crippen LogP contribution in [0.5, 0.6) is 0 Å². The van der Waals surface area contributed by atoms with Gasteiger partial charge in [-0.25, -0.2) is 4.39 Å². The molecule has 1 saturated heterocycles. The smallest absolute Gasteiger partial charge is 0.231 e. The van der Waals surface area contributed by atoms with Gasteiger partial charge in [0.25, 0.3) is 0 Å². The Hall–Kier alpha value is -1.66. The second-order valence-corrected chi connectivity index (χ2v) is 5.67. The van der Waals surface area contributed by atoms with Crippen molar-refractivity contribution < 1.29 is 14.0 Å². The van der Waals surface area contributed by atoms with E-state index in [1.54, 1.807) is 0 Å². The first kappa shape index (κ1) is 18.4. The number of hydrogen-bond acceptors (Lipinski definition) is 3. The fraction of sp³-hybridized carbons (Fsp3) is 0.467. The number of anilines is 2. The Balaban J connectivity index is 0.00000242. The summed E-state index contributed by atoms with van der Waals surface area (Å²) in [4.78, 5) is 23.4. The van der Waals surface area contributed by atoms with E-state index in [0.717, 1.165) is 19.4 Å². The second kappa shape index (κ2) is 7.56. The molecule has 122 valence electrons. The van der Waals surface area contributed by atoms with Crippen molar-refractivity contribution in [1.29, 1.82) is 0 Å². The molecule has 1 unspecified atom stereocenters. The zero-order valence-corrected chi connectivity index (χ0v) is 13.5. The first-order valence-corrected chi connectivity index (χ1v) is 7.00. The summed E-state index contributed by atoms with van der Waals surface area (Å²) in [6, 6.07) is 4.10. The zero-order chi connectivity index (χ0) is 15.5. The molecule has 0 saturated carbocycles. The third kappa shape index (κ3) is 4.42. The summed E-state index contributed by atoms with van der Waals surface area (Å²) in [5.41, 5.74) is -0.0153. The van der Waals surface area contributed by atoms with E-state index in [4.69, 9.17) is 0 Å². The molecule has 5 nitrogen and oxygen atoms in total. The number of hydrogen-bond donors (Lipinski definition) is 3. The van der Waals surface area contributed by atoms with Gasteiger partial charge in [0.1, 0.15) is 5.82 Å². The van der Waals surface area contributed by atoms with E-state index < -0.39 is 11.2 Å². The molecule has 0 aromatic heterocycles. The SMILES string of the molecule is CC(=O)Nc1ccc(F)c(NC(=O)C2(C)CCCNC2)c1.Cl. The molecule has 2 rings (SSSR count). The summed E-state index contributed by atoms with van der Waals surface area (Å²) in [6.45, 7) is 4.71. The normalized spacial score (nSPS) is 20.7. The molecule has 1 atom stereocenters. The number of amides is 2. The summed E-state index contributed by atoms with van der Waals surface area (Å²) >= 11 is 0. The maximum Gasteiger partial charge on any atom is 0.231 e. The third-order valence-electron chi connectivity index (χ3n) is 3.68. The van der Waals surface area contributed by atoms with Crippen LogP contribution >= 0.6 is 12.4 Å². The third-order valence-corrected chi connectivity index (χ3v) is 3.68. The minimum absolute atomic E-state index is 0. The molecular weight excluding hydrogens is 309 g/mol. The van der Waals surface area contributed by atoms with Crippen molar-refractivity contribution in [2.24, 2.45) is 5.41 Å². The topological polar surface area (TPSA) is 70.2 Å². The van der Waals surface area contributed by atoms with E-state index in [9.17, 15) is 14.0 Å². The molecule has 1 fully saturated rings. The molecule has 0 aliphatic carbocycles. The second-order valence-electron chi connectivity index (χ2n) is 5.67. The lowest BCUT2D eigenvalue weighted by Crippen LogP contribution is -2.46. The Morgan fingerprint density at radius 1 is 1.32 bits per heavy atom. The van der Waals surface area contributed by atoms with Crippen LogP contribution in [0.25, 0.3) is 0 Å². The summed E-state index contributed by atoms with van der Waals surface area (Å²) < 4.78 is 13.8. The van der Waals surface area contributed by atoms with Gasteiger partial charge >= 0.3 is 0 Å². The molecule has 2 amide bonds. The van der Waals surface area contributed by atoms with E-state index in [-0.39, 0.29) is 29.9 Å². The van der Waals surface area contributed by atoms with Gasteiger partial charge in [-0.05, 0) is 44.5 Å². The van der Waals surface area contributed by atoms with E-state index >= 15 is 0 Å². The van der Waals surface area contributed by atoms with Crippen LogP contribution < -0.4 is 16.0 Å². The number of carbonyl (C=O) groups excluding carboxylic acids is 2. The van der Waals surface area contributed by atoms with Crippen LogP contribution in [0.1, 0.15) is 26.7 Å². The number of carbonyl (C=O) groups is 2. The number of rotatable bonds is 3. The molecule has 1 aliphatic rings. The highest BCUT2D eigenvalue weighted by Crippen LogP contribution is 2.28. The zero-order valence-electron chi connectivity index (χ0n) is 12.7. The van der Waals surface area contributed by atoms with Crippen LogP contribution in [-0.4, -0.2) is 24.9 Å². The average molecular weight is 330 g/mol. The molecule has 3 N–H and O–H groups in total. The Bertz CT molecular complexity index is 560. The highest BCUT2D eigenvalue weighted by Gasteiger charge is 2.34. The van der Waals surface area contributed by atoms with Gasteiger partial charge in [0.15, 0.2) is 0 Å². The highest BCUT2D eigenvalue weighted by molar-refractivity contribution is 5.96. The molecule has 0 radical (unpaired) electrons. The van der Waals surface area contributed by atoms with E-state index in [2.05, 4.69) is 16.0 Å². The molecule has 1 aliphatic heterocycles. The minimum Gasteiger partial charge on any atom is -0.326 e. The first-order chi connectivity index (χ1) is 9.90. The summed E-state index contributed by atoms with van der Waals surface area (Å²) in [6.07, 6.45) is 1.68. The number of benzene rings is 1. The van der Waals surface area contributed by atoms with Gasteiger partial charge in [-0.1, -0.05) is 0 Å². The predicted molar refractivity (Wildman–Crippen MR) is 86.8 cm³/mol. The largest absolute Gasteiger partial charge is 0.326 e. The molecule has 1 heterocycles. The molecule has 1 aromatic carbocycles. The fourth-order valence-corrected chi connectivity index (χ4v) is 2.43. The van der Waals surface area contributed by atoms with Crippen LogP contribution in [0.15, 0.2) is 18.2 Å². The van der Waals surface area contributed by atoms with Gasteiger partial charge in [0, 0.05) is 19.2 Å². The number of halogens is 2. The van der Waals surface area contributed by atoms with Crippen LogP contribution in [0, 0.1) is 11.2 Å². The quantitative estimate of drug-likeness (QED) is 0.798. The van der Waals surface area contributed by atoms with E-state index in [1.165, 1.54) is 25.1 Å².